The number of benzene rings is 2. The highest BCUT2D eigenvalue weighted by Gasteiger charge is 2.13. The van der Waals surface area contributed by atoms with E-state index in [2.05, 4.69) is 42.7 Å². The van der Waals surface area contributed by atoms with Crippen molar-refractivity contribution < 1.29 is 4.39 Å². The molecule has 0 bridgehead atoms. The molecule has 0 fully saturated rings. The Hall–Kier alpha value is -3.12. The Bertz CT molecular complexity index is 1050. The van der Waals surface area contributed by atoms with Crippen molar-refractivity contribution in [3.8, 4) is 11.8 Å². The third-order valence-electron chi connectivity index (χ3n) is 4.80. The molecule has 0 atom stereocenters. The summed E-state index contributed by atoms with van der Waals surface area (Å²) in [4.78, 5) is 0. The lowest BCUT2D eigenvalue weighted by molar-refractivity contribution is 0.624. The first-order valence-electron chi connectivity index (χ1n) is 8.55. The van der Waals surface area contributed by atoms with E-state index in [1.807, 2.05) is 19.9 Å². The van der Waals surface area contributed by atoms with Crippen LogP contribution in [0.2, 0.25) is 0 Å². The van der Waals surface area contributed by atoms with Gasteiger partial charge in [0.25, 0.3) is 0 Å². The number of nitriles is 1. The molecular formula is C23H21FN2. The number of hydrogen-bond acceptors (Lipinski definition) is 1. The highest BCUT2D eigenvalue weighted by molar-refractivity contribution is 5.90. The number of halogens is 1. The van der Waals surface area contributed by atoms with Gasteiger partial charge in [-0.25, -0.2) is 4.39 Å². The number of hydrogen-bond donors (Lipinski definition) is 0. The van der Waals surface area contributed by atoms with Crippen LogP contribution in [-0.2, 0) is 0 Å². The van der Waals surface area contributed by atoms with Gasteiger partial charge in [0, 0.05) is 22.6 Å². The average Bonchev–Trinajstić information content (AvgIpc) is 2.89. The summed E-state index contributed by atoms with van der Waals surface area (Å²) in [5.74, 6) is -0.386. The van der Waals surface area contributed by atoms with Crippen LogP contribution in [0.4, 0.5) is 4.39 Å². The fourth-order valence-electron chi connectivity index (χ4n) is 3.20. The molecule has 0 saturated heterocycles. The third-order valence-corrected chi connectivity index (χ3v) is 4.80. The molecule has 0 N–H and O–H groups in total. The van der Waals surface area contributed by atoms with Gasteiger partial charge in [-0.15, -0.1) is 0 Å². The summed E-state index contributed by atoms with van der Waals surface area (Å²) in [5.41, 5.74) is 7.23. The number of allylic oxidation sites excluding steroid dienone is 1. The predicted octanol–water partition coefficient (Wildman–Crippen LogP) is 5.91. The van der Waals surface area contributed by atoms with Crippen LogP contribution in [0.1, 0.15) is 33.6 Å². The maximum Gasteiger partial charge on any atom is 0.131 e. The van der Waals surface area contributed by atoms with E-state index >= 15 is 0 Å². The molecule has 1 aromatic heterocycles. The molecule has 2 nitrogen and oxygen atoms in total. The van der Waals surface area contributed by atoms with Crippen LogP contribution in [0.25, 0.3) is 17.3 Å². The van der Waals surface area contributed by atoms with E-state index in [-0.39, 0.29) is 5.82 Å². The van der Waals surface area contributed by atoms with E-state index in [0.717, 1.165) is 22.6 Å². The molecule has 2 aromatic carbocycles. The molecule has 0 aliphatic carbocycles. The third kappa shape index (κ3) is 3.19. The lowest BCUT2D eigenvalue weighted by atomic mass is 10.0. The first kappa shape index (κ1) is 17.7. The fraction of sp³-hybridized carbons (Fsp3) is 0.174. The second-order valence-corrected chi connectivity index (χ2v) is 6.58. The summed E-state index contributed by atoms with van der Waals surface area (Å²) in [6.45, 7) is 8.25. The van der Waals surface area contributed by atoms with Crippen molar-refractivity contribution in [2.75, 3.05) is 0 Å². The smallest absolute Gasteiger partial charge is 0.131 e. The van der Waals surface area contributed by atoms with Gasteiger partial charge in [0.15, 0.2) is 0 Å². The molecule has 0 amide bonds. The zero-order valence-electron chi connectivity index (χ0n) is 15.5. The SMILES string of the molecule is Cc1ccc(-n2c(C)cc(/C=C(/C#N)c3ccccc3F)c2C)cc1C. The van der Waals surface area contributed by atoms with E-state index in [0.29, 0.717) is 11.1 Å². The van der Waals surface area contributed by atoms with Gasteiger partial charge in [0.05, 0.1) is 11.6 Å². The molecule has 0 saturated carbocycles. The Morgan fingerprint density at radius 1 is 1.00 bits per heavy atom. The highest BCUT2D eigenvalue weighted by atomic mass is 19.1. The predicted molar refractivity (Wildman–Crippen MR) is 105 cm³/mol. The summed E-state index contributed by atoms with van der Waals surface area (Å²) in [6.07, 6.45) is 1.76. The monoisotopic (exact) mass is 344 g/mol. The number of nitrogens with zero attached hydrogens (tertiary/aromatic N) is 2. The van der Waals surface area contributed by atoms with Crippen molar-refractivity contribution in [2.45, 2.75) is 27.7 Å². The molecule has 0 spiro atoms. The maximum absolute atomic E-state index is 14.1. The average molecular weight is 344 g/mol. The van der Waals surface area contributed by atoms with Gasteiger partial charge < -0.3 is 4.57 Å². The second kappa shape index (κ2) is 7.01. The van der Waals surface area contributed by atoms with Crippen LogP contribution >= 0.6 is 0 Å². The molecule has 0 radical (unpaired) electrons. The molecule has 3 aromatic rings. The van der Waals surface area contributed by atoms with Gasteiger partial charge in [0.2, 0.25) is 0 Å². The minimum Gasteiger partial charge on any atom is -0.318 e. The van der Waals surface area contributed by atoms with Crippen molar-refractivity contribution in [3.63, 3.8) is 0 Å². The lowest BCUT2D eigenvalue weighted by Gasteiger charge is -2.12. The van der Waals surface area contributed by atoms with E-state index < -0.39 is 0 Å². The highest BCUT2D eigenvalue weighted by Crippen LogP contribution is 2.27. The summed E-state index contributed by atoms with van der Waals surface area (Å²) in [6, 6.07) is 16.9. The van der Waals surface area contributed by atoms with Crippen molar-refractivity contribution >= 4 is 11.6 Å². The van der Waals surface area contributed by atoms with Gasteiger partial charge in [0.1, 0.15) is 5.82 Å². The standard InChI is InChI=1S/C23H21FN2/c1-15-9-10-21(11-16(15)2)26-17(3)12-19(18(26)4)13-20(14-25)22-7-5-6-8-23(22)24/h5-13H,1-4H3/b20-13-. The fourth-order valence-corrected chi connectivity index (χ4v) is 3.20. The number of aromatic nitrogens is 1. The quantitative estimate of drug-likeness (QED) is 0.543. The van der Waals surface area contributed by atoms with Gasteiger partial charge in [-0.05, 0) is 74.7 Å². The first-order chi connectivity index (χ1) is 12.4. The zero-order chi connectivity index (χ0) is 18.8. The van der Waals surface area contributed by atoms with E-state index in [9.17, 15) is 9.65 Å². The molecule has 0 unspecified atom stereocenters. The normalized spacial score (nSPS) is 11.5. The van der Waals surface area contributed by atoms with Gasteiger partial charge >= 0.3 is 0 Å². The van der Waals surface area contributed by atoms with E-state index in [1.165, 1.54) is 17.2 Å². The van der Waals surface area contributed by atoms with Crippen molar-refractivity contribution in [1.82, 2.24) is 4.57 Å². The van der Waals surface area contributed by atoms with Crippen LogP contribution in [-0.4, -0.2) is 4.57 Å². The summed E-state index contributed by atoms with van der Waals surface area (Å²) < 4.78 is 16.2. The molecule has 0 aliphatic rings. The van der Waals surface area contributed by atoms with Crippen LogP contribution in [0.5, 0.6) is 0 Å². The molecule has 3 heteroatoms. The maximum atomic E-state index is 14.1. The van der Waals surface area contributed by atoms with Crippen LogP contribution < -0.4 is 0 Å². The van der Waals surface area contributed by atoms with E-state index in [4.69, 9.17) is 0 Å². The number of aryl methyl sites for hydroxylation is 3. The summed E-state index contributed by atoms with van der Waals surface area (Å²) in [5, 5.41) is 9.52. The minimum absolute atomic E-state index is 0.323. The Labute approximate surface area is 153 Å². The number of rotatable bonds is 3. The Morgan fingerprint density at radius 2 is 1.73 bits per heavy atom. The zero-order valence-corrected chi connectivity index (χ0v) is 15.5. The van der Waals surface area contributed by atoms with Gasteiger partial charge in [-0.1, -0.05) is 24.3 Å². The van der Waals surface area contributed by atoms with Crippen molar-refractivity contribution in [3.05, 3.63) is 88.0 Å². The van der Waals surface area contributed by atoms with Crippen LogP contribution in [0, 0.1) is 44.8 Å². The van der Waals surface area contributed by atoms with Crippen molar-refractivity contribution in [2.24, 2.45) is 0 Å². The second-order valence-electron chi connectivity index (χ2n) is 6.58. The molecule has 3 rings (SSSR count). The van der Waals surface area contributed by atoms with Gasteiger partial charge in [-0.2, -0.15) is 5.26 Å². The molecular weight excluding hydrogens is 323 g/mol. The summed E-state index contributed by atoms with van der Waals surface area (Å²) in [7, 11) is 0. The first-order valence-corrected chi connectivity index (χ1v) is 8.55. The summed E-state index contributed by atoms with van der Waals surface area (Å²) >= 11 is 0. The van der Waals surface area contributed by atoms with Crippen LogP contribution in [0.3, 0.4) is 0 Å². The van der Waals surface area contributed by atoms with E-state index in [1.54, 1.807) is 24.3 Å². The lowest BCUT2D eigenvalue weighted by Crippen LogP contribution is -2.00. The minimum atomic E-state index is -0.386. The Morgan fingerprint density at radius 3 is 2.38 bits per heavy atom. The molecule has 0 aliphatic heterocycles. The molecule has 26 heavy (non-hydrogen) atoms. The van der Waals surface area contributed by atoms with Crippen molar-refractivity contribution in [1.29, 1.82) is 5.26 Å². The van der Waals surface area contributed by atoms with Crippen LogP contribution in [0.15, 0.2) is 48.5 Å². The molecule has 130 valence electrons. The van der Waals surface area contributed by atoms with Gasteiger partial charge in [-0.3, -0.25) is 0 Å². The Balaban J connectivity index is 2.12. The Kier molecular flexibility index (Phi) is 4.77. The topological polar surface area (TPSA) is 28.7 Å². The molecule has 1 heterocycles. The largest absolute Gasteiger partial charge is 0.318 e.